The highest BCUT2D eigenvalue weighted by Gasteiger charge is 2.30. The van der Waals surface area contributed by atoms with Crippen molar-refractivity contribution in [3.05, 3.63) is 53.6 Å². The van der Waals surface area contributed by atoms with Gasteiger partial charge < -0.3 is 24.0 Å². The highest BCUT2D eigenvalue weighted by molar-refractivity contribution is 5.95. The van der Waals surface area contributed by atoms with Gasteiger partial charge in [-0.25, -0.2) is 0 Å². The maximum atomic E-state index is 13.1. The van der Waals surface area contributed by atoms with Crippen molar-refractivity contribution in [2.75, 3.05) is 41.0 Å². The summed E-state index contributed by atoms with van der Waals surface area (Å²) in [5.74, 6) is 1.97. The monoisotopic (exact) mass is 440 g/mol. The lowest BCUT2D eigenvalue weighted by atomic mass is 9.94. The van der Waals surface area contributed by atoms with Gasteiger partial charge in [-0.05, 0) is 49.6 Å². The maximum absolute atomic E-state index is 13.1. The Morgan fingerprint density at radius 2 is 1.47 bits per heavy atom. The summed E-state index contributed by atoms with van der Waals surface area (Å²) in [6, 6.07) is 13.0. The molecule has 1 aliphatic heterocycles. The molecule has 0 aromatic heterocycles. The Kier molecular flexibility index (Phi) is 7.98. The van der Waals surface area contributed by atoms with Crippen LogP contribution in [0.2, 0.25) is 0 Å². The molecule has 0 spiro atoms. The Labute approximate surface area is 189 Å². The zero-order valence-corrected chi connectivity index (χ0v) is 19.3. The molecular weight excluding hydrogens is 408 g/mol. The molecule has 1 heterocycles. The van der Waals surface area contributed by atoms with Crippen LogP contribution >= 0.6 is 0 Å². The molecule has 172 valence electrons. The predicted octanol–water partition coefficient (Wildman–Crippen LogP) is 3.61. The molecule has 0 unspecified atom stereocenters. The normalized spacial score (nSPS) is 14.1. The fourth-order valence-corrected chi connectivity index (χ4v) is 4.00. The van der Waals surface area contributed by atoms with E-state index >= 15 is 0 Å². The first kappa shape index (κ1) is 23.4. The van der Waals surface area contributed by atoms with Gasteiger partial charge in [0, 0.05) is 43.7 Å². The number of rotatable bonds is 8. The van der Waals surface area contributed by atoms with Crippen molar-refractivity contribution in [2.24, 2.45) is 5.92 Å². The second-order valence-corrected chi connectivity index (χ2v) is 7.87. The van der Waals surface area contributed by atoms with Gasteiger partial charge in [0.1, 0.15) is 17.2 Å². The third-order valence-electron chi connectivity index (χ3n) is 5.96. The van der Waals surface area contributed by atoms with Gasteiger partial charge in [0.2, 0.25) is 5.91 Å². The summed E-state index contributed by atoms with van der Waals surface area (Å²) >= 11 is 0. The molecule has 0 radical (unpaired) electrons. The van der Waals surface area contributed by atoms with Crippen molar-refractivity contribution in [3.63, 3.8) is 0 Å². The van der Waals surface area contributed by atoms with Gasteiger partial charge in [0.05, 0.1) is 21.3 Å². The number of carbonyl (C=O) groups excluding carboxylic acids is 2. The van der Waals surface area contributed by atoms with Crippen LogP contribution in [-0.2, 0) is 11.3 Å². The zero-order chi connectivity index (χ0) is 23.1. The first-order chi connectivity index (χ1) is 15.5. The van der Waals surface area contributed by atoms with Crippen LogP contribution in [0.15, 0.2) is 42.5 Å². The van der Waals surface area contributed by atoms with Gasteiger partial charge in [-0.3, -0.25) is 9.59 Å². The molecule has 0 atom stereocenters. The SMILES string of the molecule is CCN(Cc1ccc(OC)cc1)C(=O)C1CCN(C(=O)c2cc(OC)cc(OC)c2)CC1. The molecule has 7 nitrogen and oxygen atoms in total. The molecule has 0 aliphatic carbocycles. The highest BCUT2D eigenvalue weighted by atomic mass is 16.5. The third-order valence-corrected chi connectivity index (χ3v) is 5.96. The molecule has 0 saturated carbocycles. The number of benzene rings is 2. The predicted molar refractivity (Wildman–Crippen MR) is 122 cm³/mol. The minimum atomic E-state index is -0.0721. The number of nitrogens with zero attached hydrogens (tertiary/aromatic N) is 2. The highest BCUT2D eigenvalue weighted by Crippen LogP contribution is 2.26. The third kappa shape index (κ3) is 5.52. The largest absolute Gasteiger partial charge is 0.497 e. The van der Waals surface area contributed by atoms with Crippen molar-refractivity contribution < 1.29 is 23.8 Å². The number of amides is 2. The van der Waals surface area contributed by atoms with Crippen LogP contribution in [0.4, 0.5) is 0 Å². The molecule has 1 aliphatic rings. The van der Waals surface area contributed by atoms with Crippen LogP contribution < -0.4 is 14.2 Å². The number of piperidine rings is 1. The van der Waals surface area contributed by atoms with E-state index in [0.29, 0.717) is 56.1 Å². The summed E-state index contributed by atoms with van der Waals surface area (Å²) < 4.78 is 15.8. The smallest absolute Gasteiger partial charge is 0.254 e. The summed E-state index contributed by atoms with van der Waals surface area (Å²) in [4.78, 5) is 29.8. The standard InChI is InChI=1S/C25H32N2O5/c1-5-26(17-18-6-8-21(30-2)9-7-18)24(28)19-10-12-27(13-11-19)25(29)20-14-22(31-3)16-23(15-20)32-4/h6-9,14-16,19H,5,10-13,17H2,1-4H3. The van der Waals surface area contributed by atoms with E-state index in [9.17, 15) is 9.59 Å². The topological polar surface area (TPSA) is 68.3 Å². The molecular formula is C25H32N2O5. The molecule has 2 aromatic carbocycles. The molecule has 7 heteroatoms. The van der Waals surface area contributed by atoms with E-state index in [4.69, 9.17) is 14.2 Å². The van der Waals surface area contributed by atoms with Crippen LogP contribution in [-0.4, -0.2) is 62.6 Å². The quantitative estimate of drug-likeness (QED) is 0.627. The average Bonchev–Trinajstić information content (AvgIpc) is 2.86. The Morgan fingerprint density at radius 1 is 0.906 bits per heavy atom. The molecule has 0 bridgehead atoms. The van der Waals surface area contributed by atoms with Crippen LogP contribution in [0, 0.1) is 5.92 Å². The minimum Gasteiger partial charge on any atom is -0.497 e. The Bertz CT molecular complexity index is 898. The summed E-state index contributed by atoms with van der Waals surface area (Å²) in [7, 11) is 4.76. The van der Waals surface area contributed by atoms with Gasteiger partial charge >= 0.3 is 0 Å². The van der Waals surface area contributed by atoms with E-state index in [-0.39, 0.29) is 17.7 Å². The number of carbonyl (C=O) groups is 2. The number of hydrogen-bond donors (Lipinski definition) is 0. The van der Waals surface area contributed by atoms with Crippen molar-refractivity contribution >= 4 is 11.8 Å². The summed E-state index contributed by atoms with van der Waals surface area (Å²) in [6.45, 7) is 4.32. The molecule has 0 N–H and O–H groups in total. The number of likely N-dealkylation sites (tertiary alicyclic amines) is 1. The molecule has 2 aromatic rings. The van der Waals surface area contributed by atoms with Gasteiger partial charge in [0.25, 0.3) is 5.91 Å². The van der Waals surface area contributed by atoms with Crippen LogP contribution in [0.1, 0.15) is 35.7 Å². The van der Waals surface area contributed by atoms with E-state index in [1.54, 1.807) is 44.4 Å². The molecule has 2 amide bonds. The van der Waals surface area contributed by atoms with Gasteiger partial charge in [0.15, 0.2) is 0 Å². The Hall–Kier alpha value is -3.22. The minimum absolute atomic E-state index is 0.0707. The van der Waals surface area contributed by atoms with Crippen molar-refractivity contribution in [1.29, 1.82) is 0 Å². The van der Waals surface area contributed by atoms with E-state index in [1.807, 2.05) is 36.1 Å². The van der Waals surface area contributed by atoms with E-state index in [1.165, 1.54) is 0 Å². The fraction of sp³-hybridized carbons (Fsp3) is 0.440. The maximum Gasteiger partial charge on any atom is 0.254 e. The lowest BCUT2D eigenvalue weighted by Gasteiger charge is -2.34. The number of methoxy groups -OCH3 is 3. The lowest BCUT2D eigenvalue weighted by molar-refractivity contribution is -0.137. The lowest BCUT2D eigenvalue weighted by Crippen LogP contribution is -2.44. The zero-order valence-electron chi connectivity index (χ0n) is 19.3. The van der Waals surface area contributed by atoms with Crippen LogP contribution in [0.3, 0.4) is 0 Å². The first-order valence-electron chi connectivity index (χ1n) is 10.9. The summed E-state index contributed by atoms with van der Waals surface area (Å²) in [5, 5.41) is 0. The number of hydrogen-bond acceptors (Lipinski definition) is 5. The van der Waals surface area contributed by atoms with Gasteiger partial charge in [-0.1, -0.05) is 12.1 Å². The number of ether oxygens (including phenoxy) is 3. The second kappa shape index (κ2) is 10.9. The van der Waals surface area contributed by atoms with E-state index in [2.05, 4.69) is 0 Å². The Morgan fingerprint density at radius 3 is 1.97 bits per heavy atom. The first-order valence-corrected chi connectivity index (χ1v) is 10.9. The van der Waals surface area contributed by atoms with E-state index in [0.717, 1.165) is 11.3 Å². The van der Waals surface area contributed by atoms with E-state index < -0.39 is 0 Å². The second-order valence-electron chi connectivity index (χ2n) is 7.87. The summed E-state index contributed by atoms with van der Waals surface area (Å²) in [6.07, 6.45) is 1.32. The van der Waals surface area contributed by atoms with Gasteiger partial charge in [-0.15, -0.1) is 0 Å². The van der Waals surface area contributed by atoms with Gasteiger partial charge in [-0.2, -0.15) is 0 Å². The fourth-order valence-electron chi connectivity index (χ4n) is 4.00. The van der Waals surface area contributed by atoms with Crippen LogP contribution in [0.25, 0.3) is 0 Å². The Balaban J connectivity index is 1.60. The van der Waals surface area contributed by atoms with Crippen molar-refractivity contribution in [2.45, 2.75) is 26.3 Å². The average molecular weight is 441 g/mol. The summed E-state index contributed by atoms with van der Waals surface area (Å²) in [5.41, 5.74) is 1.60. The molecule has 32 heavy (non-hydrogen) atoms. The van der Waals surface area contributed by atoms with Crippen molar-refractivity contribution in [3.8, 4) is 17.2 Å². The molecule has 3 rings (SSSR count). The van der Waals surface area contributed by atoms with Crippen molar-refractivity contribution in [1.82, 2.24) is 9.80 Å². The van der Waals surface area contributed by atoms with Crippen LogP contribution in [0.5, 0.6) is 17.2 Å². The molecule has 1 saturated heterocycles. The molecule has 1 fully saturated rings.